The number of rotatable bonds is 3. The first-order chi connectivity index (χ1) is 5.65. The molecule has 2 N–H and O–H groups in total. The molecule has 0 saturated carbocycles. The first-order valence-electron chi connectivity index (χ1n) is 4.00. The fraction of sp³-hybridized carbons (Fsp3) is 0.556. The van der Waals surface area contributed by atoms with Gasteiger partial charge in [-0.1, -0.05) is 0 Å². The summed E-state index contributed by atoms with van der Waals surface area (Å²) in [4.78, 5) is 2.49. The van der Waals surface area contributed by atoms with Crippen LogP contribution in [0.5, 0.6) is 0 Å². The monoisotopic (exact) mass is 185 g/mol. The molecule has 68 valence electrons. The van der Waals surface area contributed by atoms with Gasteiger partial charge in [-0.05, 0) is 26.0 Å². The Balaban J connectivity index is 2.70. The molecule has 0 spiro atoms. The van der Waals surface area contributed by atoms with E-state index in [2.05, 4.69) is 19.1 Å². The van der Waals surface area contributed by atoms with Crippen LogP contribution in [0.1, 0.15) is 22.7 Å². The van der Waals surface area contributed by atoms with E-state index < -0.39 is 0 Å². The third kappa shape index (κ3) is 2.06. The van der Waals surface area contributed by atoms with Crippen molar-refractivity contribution in [1.29, 1.82) is 0 Å². The average molecular weight is 185 g/mol. The number of hydrogen-bond donors (Lipinski definition) is 1. The van der Waals surface area contributed by atoms with Crippen LogP contribution in [0.25, 0.3) is 0 Å². The van der Waals surface area contributed by atoms with Crippen LogP contribution in [0, 0.1) is 6.92 Å². The van der Waals surface area contributed by atoms with Crippen molar-refractivity contribution in [2.75, 3.05) is 7.11 Å². The predicted octanol–water partition coefficient (Wildman–Crippen LogP) is 2.09. The van der Waals surface area contributed by atoms with Crippen LogP contribution >= 0.6 is 11.3 Å². The lowest BCUT2D eigenvalue weighted by molar-refractivity contribution is 0.0966. The Morgan fingerprint density at radius 2 is 2.17 bits per heavy atom. The highest BCUT2D eigenvalue weighted by Gasteiger charge is 2.15. The van der Waals surface area contributed by atoms with Gasteiger partial charge < -0.3 is 10.5 Å². The number of nitrogens with two attached hydrogens (primary N) is 1. The molecule has 0 aliphatic heterocycles. The third-order valence-electron chi connectivity index (χ3n) is 1.97. The molecule has 0 bridgehead atoms. The number of ether oxygens (including phenoxy) is 1. The molecule has 0 fully saturated rings. The molecule has 1 aromatic heterocycles. The zero-order valence-electron chi connectivity index (χ0n) is 7.70. The van der Waals surface area contributed by atoms with E-state index in [1.165, 1.54) is 9.75 Å². The van der Waals surface area contributed by atoms with Crippen molar-refractivity contribution >= 4 is 11.3 Å². The topological polar surface area (TPSA) is 35.2 Å². The largest absolute Gasteiger partial charge is 0.380 e. The molecule has 0 radical (unpaired) electrons. The van der Waals surface area contributed by atoms with Crippen molar-refractivity contribution in [2.24, 2.45) is 5.73 Å². The number of aryl methyl sites for hydroxylation is 1. The summed E-state index contributed by atoms with van der Waals surface area (Å²) in [6, 6.07) is 4.16. The molecule has 0 aliphatic rings. The lowest BCUT2D eigenvalue weighted by Crippen LogP contribution is -2.24. The zero-order chi connectivity index (χ0) is 9.14. The quantitative estimate of drug-likeness (QED) is 0.782. The standard InChI is InChI=1S/C9H15NOS/c1-6-4-5-8(12-6)9(10)7(2)11-3/h4-5,7,9H,10H2,1-3H3. The van der Waals surface area contributed by atoms with E-state index in [-0.39, 0.29) is 12.1 Å². The Morgan fingerprint density at radius 3 is 2.58 bits per heavy atom. The molecule has 0 saturated heterocycles. The van der Waals surface area contributed by atoms with E-state index in [1.54, 1.807) is 18.4 Å². The Labute approximate surface area is 77.3 Å². The summed E-state index contributed by atoms with van der Waals surface area (Å²) in [6.07, 6.45) is 0.0862. The van der Waals surface area contributed by atoms with E-state index in [0.717, 1.165) is 0 Å². The summed E-state index contributed by atoms with van der Waals surface area (Å²) in [5.41, 5.74) is 5.95. The van der Waals surface area contributed by atoms with Crippen molar-refractivity contribution < 1.29 is 4.74 Å². The van der Waals surface area contributed by atoms with Gasteiger partial charge in [0.1, 0.15) is 0 Å². The Bertz CT molecular complexity index is 246. The summed E-state index contributed by atoms with van der Waals surface area (Å²) >= 11 is 1.73. The minimum Gasteiger partial charge on any atom is -0.380 e. The van der Waals surface area contributed by atoms with Crippen molar-refractivity contribution in [3.05, 3.63) is 21.9 Å². The average Bonchev–Trinajstić information content (AvgIpc) is 2.49. The second-order valence-electron chi connectivity index (χ2n) is 2.92. The number of thiophene rings is 1. The molecule has 12 heavy (non-hydrogen) atoms. The van der Waals surface area contributed by atoms with E-state index >= 15 is 0 Å². The molecule has 2 atom stereocenters. The maximum atomic E-state index is 5.95. The molecule has 2 unspecified atom stereocenters. The molecule has 0 aliphatic carbocycles. The fourth-order valence-electron chi connectivity index (χ4n) is 1.01. The Hall–Kier alpha value is -0.380. The van der Waals surface area contributed by atoms with Crippen LogP contribution in [-0.4, -0.2) is 13.2 Å². The molecule has 1 rings (SSSR count). The van der Waals surface area contributed by atoms with Gasteiger partial charge in [-0.2, -0.15) is 0 Å². The first-order valence-corrected chi connectivity index (χ1v) is 4.81. The molecule has 3 heteroatoms. The Morgan fingerprint density at radius 1 is 1.50 bits per heavy atom. The summed E-state index contributed by atoms with van der Waals surface area (Å²) in [6.45, 7) is 4.07. The summed E-state index contributed by atoms with van der Waals surface area (Å²) < 4.78 is 5.16. The summed E-state index contributed by atoms with van der Waals surface area (Å²) in [7, 11) is 1.69. The van der Waals surface area contributed by atoms with E-state index in [9.17, 15) is 0 Å². The minimum atomic E-state index is 0.00806. The zero-order valence-corrected chi connectivity index (χ0v) is 8.52. The third-order valence-corrected chi connectivity index (χ3v) is 3.07. The predicted molar refractivity (Wildman–Crippen MR) is 52.5 cm³/mol. The van der Waals surface area contributed by atoms with Gasteiger partial charge in [0, 0.05) is 16.9 Å². The van der Waals surface area contributed by atoms with Gasteiger partial charge in [0.05, 0.1) is 12.1 Å². The van der Waals surface area contributed by atoms with Gasteiger partial charge in [0.25, 0.3) is 0 Å². The molecule has 0 amide bonds. The highest BCUT2D eigenvalue weighted by atomic mass is 32.1. The van der Waals surface area contributed by atoms with E-state index in [1.807, 2.05) is 6.92 Å². The second kappa shape index (κ2) is 4.03. The van der Waals surface area contributed by atoms with Crippen molar-refractivity contribution in [2.45, 2.75) is 26.0 Å². The van der Waals surface area contributed by atoms with Gasteiger partial charge in [-0.15, -0.1) is 11.3 Å². The molecule has 2 nitrogen and oxygen atoms in total. The lowest BCUT2D eigenvalue weighted by Gasteiger charge is -2.16. The maximum absolute atomic E-state index is 5.95. The smallest absolute Gasteiger partial charge is 0.0743 e. The SMILES string of the molecule is COC(C)C(N)c1ccc(C)s1. The van der Waals surface area contributed by atoms with Crippen molar-refractivity contribution in [3.8, 4) is 0 Å². The Kier molecular flexibility index (Phi) is 3.26. The van der Waals surface area contributed by atoms with Crippen LogP contribution in [0.4, 0.5) is 0 Å². The summed E-state index contributed by atoms with van der Waals surface area (Å²) in [5.74, 6) is 0. The van der Waals surface area contributed by atoms with Crippen molar-refractivity contribution in [3.63, 3.8) is 0 Å². The van der Waals surface area contributed by atoms with Crippen molar-refractivity contribution in [1.82, 2.24) is 0 Å². The maximum Gasteiger partial charge on any atom is 0.0743 e. The van der Waals surface area contributed by atoms with E-state index in [4.69, 9.17) is 10.5 Å². The highest BCUT2D eigenvalue weighted by Crippen LogP contribution is 2.23. The van der Waals surface area contributed by atoms with Gasteiger partial charge in [0.2, 0.25) is 0 Å². The molecular weight excluding hydrogens is 170 g/mol. The van der Waals surface area contributed by atoms with Crippen LogP contribution in [0.15, 0.2) is 12.1 Å². The normalized spacial score (nSPS) is 16.0. The van der Waals surface area contributed by atoms with Crippen LogP contribution in [0.3, 0.4) is 0 Å². The van der Waals surface area contributed by atoms with Gasteiger partial charge >= 0.3 is 0 Å². The summed E-state index contributed by atoms with van der Waals surface area (Å²) in [5, 5.41) is 0. The van der Waals surface area contributed by atoms with Crippen LogP contribution < -0.4 is 5.73 Å². The first kappa shape index (κ1) is 9.71. The minimum absolute atomic E-state index is 0.00806. The molecule has 1 aromatic rings. The molecular formula is C9H15NOS. The van der Waals surface area contributed by atoms with Crippen LogP contribution in [0.2, 0.25) is 0 Å². The second-order valence-corrected chi connectivity index (χ2v) is 4.23. The van der Waals surface area contributed by atoms with Crippen LogP contribution in [-0.2, 0) is 4.74 Å². The van der Waals surface area contributed by atoms with Gasteiger partial charge in [-0.3, -0.25) is 0 Å². The lowest BCUT2D eigenvalue weighted by atomic mass is 10.1. The van der Waals surface area contributed by atoms with E-state index in [0.29, 0.717) is 0 Å². The highest BCUT2D eigenvalue weighted by molar-refractivity contribution is 7.12. The number of methoxy groups -OCH3 is 1. The molecule has 0 aromatic carbocycles. The fourth-order valence-corrected chi connectivity index (χ4v) is 1.98. The molecule has 1 heterocycles. The van der Waals surface area contributed by atoms with Gasteiger partial charge in [0.15, 0.2) is 0 Å². The number of hydrogen-bond acceptors (Lipinski definition) is 3. The van der Waals surface area contributed by atoms with Gasteiger partial charge in [-0.25, -0.2) is 0 Å².